The summed E-state index contributed by atoms with van der Waals surface area (Å²) in [6.07, 6.45) is -0.688. The molecule has 266 valence electrons. The Kier molecular flexibility index (Phi) is 10.8. The fraction of sp³-hybridized carbons (Fsp3) is 0.325. The van der Waals surface area contributed by atoms with Crippen molar-refractivity contribution in [3.8, 4) is 0 Å². The van der Waals surface area contributed by atoms with Crippen LogP contribution in [0.3, 0.4) is 0 Å². The standard InChI is InChI=1S/C40H44N4O7/c1-25-16-19-29-12-8-9-13-31(29)32(25)22-43-34-14-10-11-15-35(34)44(37(47)30-20-17-28(18-21-30)24-50-27(3)45)23-33(38(43)48)41-36(46)26(2)42(7)39(49)51-40(4,5)6/h8-21,26,33H,22-24H2,1-7H3,(H,41,46). The first-order valence-electron chi connectivity index (χ1n) is 16.8. The summed E-state index contributed by atoms with van der Waals surface area (Å²) in [6, 6.07) is 23.7. The maximum atomic E-state index is 14.7. The second kappa shape index (κ2) is 15.0. The minimum absolute atomic E-state index is 0.0669. The molecule has 1 heterocycles. The van der Waals surface area contributed by atoms with Gasteiger partial charge < -0.3 is 24.6 Å². The summed E-state index contributed by atoms with van der Waals surface area (Å²) in [5, 5.41) is 4.87. The van der Waals surface area contributed by atoms with E-state index in [1.165, 1.54) is 23.8 Å². The zero-order valence-electron chi connectivity index (χ0n) is 30.1. The van der Waals surface area contributed by atoms with Gasteiger partial charge in [0.05, 0.1) is 24.5 Å². The minimum Gasteiger partial charge on any atom is -0.461 e. The smallest absolute Gasteiger partial charge is 0.410 e. The van der Waals surface area contributed by atoms with Gasteiger partial charge in [0, 0.05) is 19.5 Å². The molecule has 0 radical (unpaired) electrons. The Bertz CT molecular complexity index is 1970. The van der Waals surface area contributed by atoms with Crippen LogP contribution in [0.2, 0.25) is 0 Å². The van der Waals surface area contributed by atoms with E-state index in [1.54, 1.807) is 81.1 Å². The lowest BCUT2D eigenvalue weighted by Gasteiger charge is -2.30. The van der Waals surface area contributed by atoms with Crippen molar-refractivity contribution in [3.05, 3.63) is 107 Å². The monoisotopic (exact) mass is 692 g/mol. The van der Waals surface area contributed by atoms with Gasteiger partial charge in [0.1, 0.15) is 24.3 Å². The number of aryl methyl sites for hydroxylation is 1. The molecule has 1 N–H and O–H groups in total. The molecule has 4 aromatic carbocycles. The van der Waals surface area contributed by atoms with Crippen molar-refractivity contribution in [3.63, 3.8) is 0 Å². The Balaban J connectivity index is 1.54. The Morgan fingerprint density at radius 1 is 0.922 bits per heavy atom. The van der Waals surface area contributed by atoms with Gasteiger partial charge >= 0.3 is 12.1 Å². The van der Waals surface area contributed by atoms with Gasteiger partial charge in [0.2, 0.25) is 5.91 Å². The lowest BCUT2D eigenvalue weighted by Crippen LogP contribution is -2.57. The highest BCUT2D eigenvalue weighted by Crippen LogP contribution is 2.36. The van der Waals surface area contributed by atoms with Crippen LogP contribution in [0.25, 0.3) is 10.8 Å². The number of ether oxygens (including phenoxy) is 2. The summed E-state index contributed by atoms with van der Waals surface area (Å²) < 4.78 is 10.6. The minimum atomic E-state index is -1.18. The highest BCUT2D eigenvalue weighted by Gasteiger charge is 2.39. The third kappa shape index (κ3) is 8.37. The number of hydrogen-bond acceptors (Lipinski definition) is 7. The van der Waals surface area contributed by atoms with Crippen LogP contribution in [-0.2, 0) is 37.0 Å². The molecular formula is C40H44N4O7. The SMILES string of the molecule is CC(=O)OCc1ccc(C(=O)N2CC(NC(=O)C(C)N(C)C(=O)OC(C)(C)C)C(=O)N(Cc3c(C)ccc4ccccc34)c3ccccc32)cc1. The maximum absolute atomic E-state index is 14.7. The van der Waals surface area contributed by atoms with Crippen LogP contribution >= 0.6 is 0 Å². The van der Waals surface area contributed by atoms with Crippen molar-refractivity contribution in [2.75, 3.05) is 23.4 Å². The summed E-state index contributed by atoms with van der Waals surface area (Å²) in [5.74, 6) is -1.81. The number of amides is 4. The van der Waals surface area contributed by atoms with E-state index in [-0.39, 0.29) is 19.7 Å². The molecular weight excluding hydrogens is 648 g/mol. The maximum Gasteiger partial charge on any atom is 0.410 e. The number of benzene rings is 4. The van der Waals surface area contributed by atoms with Crippen LogP contribution in [-0.4, -0.2) is 66.0 Å². The lowest BCUT2D eigenvalue weighted by molar-refractivity contribution is -0.142. The zero-order valence-corrected chi connectivity index (χ0v) is 30.1. The van der Waals surface area contributed by atoms with Crippen molar-refractivity contribution in [1.29, 1.82) is 0 Å². The highest BCUT2D eigenvalue weighted by atomic mass is 16.6. The molecule has 0 spiro atoms. The van der Waals surface area contributed by atoms with Crippen molar-refractivity contribution < 1.29 is 33.4 Å². The van der Waals surface area contributed by atoms with E-state index >= 15 is 0 Å². The fourth-order valence-corrected chi connectivity index (χ4v) is 5.91. The average Bonchev–Trinajstić information content (AvgIpc) is 3.21. The van der Waals surface area contributed by atoms with Gasteiger partial charge in [-0.25, -0.2) is 4.79 Å². The number of fused-ring (bicyclic) bond motifs is 2. The fourth-order valence-electron chi connectivity index (χ4n) is 5.91. The van der Waals surface area contributed by atoms with Crippen LogP contribution in [0.15, 0.2) is 84.9 Å². The third-order valence-corrected chi connectivity index (χ3v) is 8.83. The summed E-state index contributed by atoms with van der Waals surface area (Å²) in [6.45, 7) is 10.1. The van der Waals surface area contributed by atoms with E-state index < -0.39 is 47.5 Å². The topological polar surface area (TPSA) is 126 Å². The molecule has 0 bridgehead atoms. The van der Waals surface area contributed by atoms with Gasteiger partial charge in [-0.05, 0) is 86.3 Å². The third-order valence-electron chi connectivity index (χ3n) is 8.83. The molecule has 51 heavy (non-hydrogen) atoms. The van der Waals surface area contributed by atoms with Gasteiger partial charge in [-0.15, -0.1) is 0 Å². The van der Waals surface area contributed by atoms with Crippen LogP contribution < -0.4 is 15.1 Å². The van der Waals surface area contributed by atoms with Gasteiger partial charge in [-0.2, -0.15) is 0 Å². The van der Waals surface area contributed by atoms with Crippen molar-refractivity contribution >= 4 is 51.9 Å². The number of para-hydroxylation sites is 2. The molecule has 2 unspecified atom stereocenters. The van der Waals surface area contributed by atoms with Crippen LogP contribution in [0.1, 0.15) is 61.7 Å². The molecule has 0 saturated heterocycles. The summed E-state index contributed by atoms with van der Waals surface area (Å²) >= 11 is 0. The second-order valence-electron chi connectivity index (χ2n) is 13.7. The number of rotatable bonds is 8. The molecule has 0 aromatic heterocycles. The zero-order chi connectivity index (χ0) is 37.0. The van der Waals surface area contributed by atoms with E-state index in [0.717, 1.165) is 21.9 Å². The van der Waals surface area contributed by atoms with Gasteiger partial charge in [-0.3, -0.25) is 24.1 Å². The van der Waals surface area contributed by atoms with Gasteiger partial charge in [0.15, 0.2) is 0 Å². The molecule has 11 nitrogen and oxygen atoms in total. The Morgan fingerprint density at radius 3 is 2.24 bits per heavy atom. The van der Waals surface area contributed by atoms with E-state index in [4.69, 9.17) is 9.47 Å². The summed E-state index contributed by atoms with van der Waals surface area (Å²) in [7, 11) is 1.46. The molecule has 0 aliphatic carbocycles. The normalized spacial score (nSPS) is 15.0. The quantitative estimate of drug-likeness (QED) is 0.220. The molecule has 4 amide bonds. The molecule has 5 rings (SSSR count). The first-order chi connectivity index (χ1) is 24.1. The predicted octanol–water partition coefficient (Wildman–Crippen LogP) is 6.15. The summed E-state index contributed by atoms with van der Waals surface area (Å²) in [5.41, 5.74) is 3.19. The molecule has 11 heteroatoms. The van der Waals surface area contributed by atoms with E-state index in [2.05, 4.69) is 5.32 Å². The van der Waals surface area contributed by atoms with Crippen molar-refractivity contribution in [2.24, 2.45) is 0 Å². The largest absolute Gasteiger partial charge is 0.461 e. The molecule has 2 atom stereocenters. The number of carbonyl (C=O) groups excluding carboxylic acids is 5. The van der Waals surface area contributed by atoms with E-state index in [0.29, 0.717) is 22.5 Å². The Hall–Kier alpha value is -5.71. The number of nitrogens with zero attached hydrogens (tertiary/aromatic N) is 3. The van der Waals surface area contributed by atoms with Crippen LogP contribution in [0.4, 0.5) is 16.2 Å². The van der Waals surface area contributed by atoms with E-state index in [1.807, 2.05) is 43.3 Å². The molecule has 1 aliphatic rings. The molecule has 0 saturated carbocycles. The lowest BCUT2D eigenvalue weighted by atomic mass is 9.99. The van der Waals surface area contributed by atoms with E-state index in [9.17, 15) is 24.0 Å². The Morgan fingerprint density at radius 2 is 1.57 bits per heavy atom. The summed E-state index contributed by atoms with van der Waals surface area (Å²) in [4.78, 5) is 71.2. The van der Waals surface area contributed by atoms with Crippen molar-refractivity contribution in [1.82, 2.24) is 10.2 Å². The van der Waals surface area contributed by atoms with Gasteiger partial charge in [0.25, 0.3) is 11.8 Å². The molecule has 0 fully saturated rings. The highest BCUT2D eigenvalue weighted by molar-refractivity contribution is 6.13. The van der Waals surface area contributed by atoms with Gasteiger partial charge in [-0.1, -0.05) is 60.7 Å². The first-order valence-corrected chi connectivity index (χ1v) is 16.8. The molecule has 4 aromatic rings. The number of esters is 1. The average molecular weight is 693 g/mol. The number of hydrogen-bond donors (Lipinski definition) is 1. The number of nitrogens with one attached hydrogen (secondary N) is 1. The van der Waals surface area contributed by atoms with Crippen LogP contribution in [0.5, 0.6) is 0 Å². The number of likely N-dealkylation sites (N-methyl/N-ethyl adjacent to an activating group) is 1. The number of carbonyl (C=O) groups is 5. The Labute approximate surface area is 298 Å². The van der Waals surface area contributed by atoms with Crippen LogP contribution in [0, 0.1) is 6.92 Å². The number of anilines is 2. The predicted molar refractivity (Wildman–Crippen MR) is 195 cm³/mol. The molecule has 1 aliphatic heterocycles. The first kappa shape index (κ1) is 36.6. The van der Waals surface area contributed by atoms with Crippen molar-refractivity contribution in [2.45, 2.75) is 72.4 Å². The second-order valence-corrected chi connectivity index (χ2v) is 13.7.